The van der Waals surface area contributed by atoms with Gasteiger partial charge in [-0.2, -0.15) is 0 Å². The first-order valence-corrected chi connectivity index (χ1v) is 6.59. The van der Waals surface area contributed by atoms with Crippen LogP contribution in [0, 0.1) is 0 Å². The van der Waals surface area contributed by atoms with Crippen LogP contribution in [0.3, 0.4) is 0 Å². The van der Waals surface area contributed by atoms with Crippen LogP contribution >= 0.6 is 11.6 Å². The van der Waals surface area contributed by atoms with Crippen LogP contribution in [0.1, 0.15) is 42.5 Å². The van der Waals surface area contributed by atoms with Crippen molar-refractivity contribution in [3.8, 4) is 0 Å². The molecule has 0 amide bonds. The van der Waals surface area contributed by atoms with Crippen molar-refractivity contribution in [1.29, 1.82) is 0 Å². The average Bonchev–Trinajstić information content (AvgIpc) is 2.39. The second-order valence-electron chi connectivity index (χ2n) is 4.52. The molecule has 0 aliphatic heterocycles. The van der Waals surface area contributed by atoms with E-state index in [1.165, 1.54) is 32.6 Å². The molecule has 0 aromatic carbocycles. The molecule has 4 nitrogen and oxygen atoms in total. The molecule has 0 radical (unpaired) electrons. The molecule has 18 heavy (non-hydrogen) atoms. The minimum atomic E-state index is -0.391. The number of nitrogens with zero attached hydrogens (tertiary/aromatic N) is 1. The smallest absolute Gasteiger partial charge is 0.341 e. The lowest BCUT2D eigenvalue weighted by Crippen LogP contribution is -2.23. The maximum atomic E-state index is 11.6. The Morgan fingerprint density at radius 3 is 2.83 bits per heavy atom. The van der Waals surface area contributed by atoms with Gasteiger partial charge in [0.1, 0.15) is 10.7 Å². The number of ether oxygens (including phenoxy) is 1. The topological polar surface area (TPSA) is 51.2 Å². The minimum absolute atomic E-state index is 0.376. The normalized spacial score (nSPS) is 16.3. The summed E-state index contributed by atoms with van der Waals surface area (Å²) in [6.07, 6.45) is 7.45. The van der Waals surface area contributed by atoms with Gasteiger partial charge in [0.15, 0.2) is 0 Å². The molecule has 1 aliphatic rings. The van der Waals surface area contributed by atoms with Crippen molar-refractivity contribution in [1.82, 2.24) is 4.98 Å². The number of nitrogens with one attached hydrogen (secondary N) is 1. The van der Waals surface area contributed by atoms with Gasteiger partial charge in [-0.15, -0.1) is 0 Å². The Morgan fingerprint density at radius 1 is 1.44 bits per heavy atom. The Kier molecular flexibility index (Phi) is 4.42. The third-order valence-electron chi connectivity index (χ3n) is 3.24. The van der Waals surface area contributed by atoms with Crippen molar-refractivity contribution in [2.45, 2.75) is 38.1 Å². The van der Waals surface area contributed by atoms with E-state index >= 15 is 0 Å². The first kappa shape index (κ1) is 13.1. The summed E-state index contributed by atoms with van der Waals surface area (Å²) in [5, 5.41) is 3.76. The highest BCUT2D eigenvalue weighted by Gasteiger charge is 2.18. The van der Waals surface area contributed by atoms with E-state index in [1.807, 2.05) is 0 Å². The third kappa shape index (κ3) is 3.13. The van der Waals surface area contributed by atoms with Crippen LogP contribution in [0.25, 0.3) is 0 Å². The zero-order valence-corrected chi connectivity index (χ0v) is 11.2. The Balaban J connectivity index is 2.18. The van der Waals surface area contributed by atoms with E-state index in [0.717, 1.165) is 12.8 Å². The molecule has 98 valence electrons. The van der Waals surface area contributed by atoms with Gasteiger partial charge in [0.2, 0.25) is 0 Å². The van der Waals surface area contributed by atoms with E-state index in [1.54, 1.807) is 6.07 Å². The SMILES string of the molecule is COC(=O)c1cnc(Cl)cc1NC1CCCCC1. The Morgan fingerprint density at radius 2 is 2.17 bits per heavy atom. The molecular weight excluding hydrogens is 252 g/mol. The summed E-state index contributed by atoms with van der Waals surface area (Å²) in [4.78, 5) is 15.6. The first-order chi connectivity index (χ1) is 8.70. The highest BCUT2D eigenvalue weighted by molar-refractivity contribution is 6.29. The van der Waals surface area contributed by atoms with Crippen LogP contribution in [0.15, 0.2) is 12.3 Å². The number of aromatic nitrogens is 1. The molecule has 1 aliphatic carbocycles. The molecule has 1 aromatic heterocycles. The molecule has 1 aromatic rings. The predicted octanol–water partition coefficient (Wildman–Crippen LogP) is 3.27. The van der Waals surface area contributed by atoms with Crippen LogP contribution in [-0.4, -0.2) is 24.1 Å². The van der Waals surface area contributed by atoms with Crippen molar-refractivity contribution < 1.29 is 9.53 Å². The molecule has 1 N–H and O–H groups in total. The third-order valence-corrected chi connectivity index (χ3v) is 3.45. The second kappa shape index (κ2) is 6.05. The molecule has 0 spiro atoms. The summed E-state index contributed by atoms with van der Waals surface area (Å²) in [7, 11) is 1.36. The van der Waals surface area contributed by atoms with E-state index in [0.29, 0.717) is 22.4 Å². The first-order valence-electron chi connectivity index (χ1n) is 6.21. The number of carbonyl (C=O) groups is 1. The Hall–Kier alpha value is -1.29. The summed E-state index contributed by atoms with van der Waals surface area (Å²) in [6.45, 7) is 0. The maximum Gasteiger partial charge on any atom is 0.341 e. The molecule has 2 rings (SSSR count). The Bertz CT molecular complexity index is 431. The van der Waals surface area contributed by atoms with Gasteiger partial charge in [0.25, 0.3) is 0 Å². The zero-order valence-electron chi connectivity index (χ0n) is 10.4. The average molecular weight is 269 g/mol. The van der Waals surface area contributed by atoms with Gasteiger partial charge >= 0.3 is 5.97 Å². The minimum Gasteiger partial charge on any atom is -0.465 e. The van der Waals surface area contributed by atoms with E-state index in [2.05, 4.69) is 10.3 Å². The zero-order chi connectivity index (χ0) is 13.0. The van der Waals surface area contributed by atoms with Crippen molar-refractivity contribution >= 4 is 23.3 Å². The number of carbonyl (C=O) groups excluding carboxylic acids is 1. The van der Waals surface area contributed by atoms with Crippen molar-refractivity contribution in [3.05, 3.63) is 23.0 Å². The Labute approximate surface area is 112 Å². The highest BCUT2D eigenvalue weighted by Crippen LogP contribution is 2.25. The molecule has 0 bridgehead atoms. The summed E-state index contributed by atoms with van der Waals surface area (Å²) < 4.78 is 4.74. The van der Waals surface area contributed by atoms with Crippen LogP contribution in [0.5, 0.6) is 0 Å². The van der Waals surface area contributed by atoms with Crippen LogP contribution < -0.4 is 5.32 Å². The van der Waals surface area contributed by atoms with Crippen molar-refractivity contribution in [2.24, 2.45) is 0 Å². The van der Waals surface area contributed by atoms with Gasteiger partial charge in [-0.3, -0.25) is 0 Å². The number of pyridine rings is 1. The van der Waals surface area contributed by atoms with Gasteiger partial charge in [-0.05, 0) is 18.9 Å². The lowest BCUT2D eigenvalue weighted by atomic mass is 9.95. The fraction of sp³-hybridized carbons (Fsp3) is 0.538. The summed E-state index contributed by atoms with van der Waals surface area (Å²) in [6, 6.07) is 2.09. The van der Waals surface area contributed by atoms with E-state index in [-0.39, 0.29) is 0 Å². The van der Waals surface area contributed by atoms with Gasteiger partial charge in [-0.1, -0.05) is 30.9 Å². The maximum absolute atomic E-state index is 11.6. The number of halogens is 1. The van der Waals surface area contributed by atoms with E-state index < -0.39 is 5.97 Å². The van der Waals surface area contributed by atoms with Gasteiger partial charge in [0, 0.05) is 12.2 Å². The van der Waals surface area contributed by atoms with Crippen molar-refractivity contribution in [3.63, 3.8) is 0 Å². The molecule has 5 heteroatoms. The van der Waals surface area contributed by atoms with E-state index in [9.17, 15) is 4.79 Å². The molecular formula is C13H17ClN2O2. The van der Waals surface area contributed by atoms with E-state index in [4.69, 9.17) is 16.3 Å². The van der Waals surface area contributed by atoms with Crippen LogP contribution in [-0.2, 0) is 4.74 Å². The molecule has 0 atom stereocenters. The van der Waals surface area contributed by atoms with Crippen LogP contribution in [0.2, 0.25) is 5.15 Å². The largest absolute Gasteiger partial charge is 0.465 e. The van der Waals surface area contributed by atoms with Crippen molar-refractivity contribution in [2.75, 3.05) is 12.4 Å². The highest BCUT2D eigenvalue weighted by atomic mass is 35.5. The molecule has 1 fully saturated rings. The summed E-state index contributed by atoms with van der Waals surface area (Å²) >= 11 is 5.88. The number of hydrogen-bond acceptors (Lipinski definition) is 4. The number of methoxy groups -OCH3 is 1. The van der Waals surface area contributed by atoms with Crippen LogP contribution in [0.4, 0.5) is 5.69 Å². The standard InChI is InChI=1S/C13H17ClN2O2/c1-18-13(17)10-8-15-12(14)7-11(10)16-9-5-3-2-4-6-9/h7-9H,2-6H2,1H3,(H,15,16). The fourth-order valence-electron chi connectivity index (χ4n) is 2.29. The number of hydrogen-bond donors (Lipinski definition) is 1. The predicted molar refractivity (Wildman–Crippen MR) is 71.1 cm³/mol. The van der Waals surface area contributed by atoms with Gasteiger partial charge in [-0.25, -0.2) is 9.78 Å². The van der Waals surface area contributed by atoms with Gasteiger partial charge < -0.3 is 10.1 Å². The quantitative estimate of drug-likeness (QED) is 0.675. The summed E-state index contributed by atoms with van der Waals surface area (Å²) in [5.41, 5.74) is 1.15. The number of esters is 1. The molecule has 1 heterocycles. The summed E-state index contributed by atoms with van der Waals surface area (Å²) in [5.74, 6) is -0.391. The molecule has 0 unspecified atom stereocenters. The number of rotatable bonds is 3. The molecule has 0 saturated heterocycles. The lowest BCUT2D eigenvalue weighted by Gasteiger charge is -2.24. The molecule has 1 saturated carbocycles. The monoisotopic (exact) mass is 268 g/mol. The fourth-order valence-corrected chi connectivity index (χ4v) is 2.45. The lowest BCUT2D eigenvalue weighted by molar-refractivity contribution is 0.0601. The number of anilines is 1. The second-order valence-corrected chi connectivity index (χ2v) is 4.91. The van der Waals surface area contributed by atoms with Gasteiger partial charge in [0.05, 0.1) is 12.8 Å².